The zero-order valence-corrected chi connectivity index (χ0v) is 8.67. The van der Waals surface area contributed by atoms with E-state index in [0.717, 1.165) is 0 Å². The van der Waals surface area contributed by atoms with Crippen LogP contribution in [0.2, 0.25) is 5.02 Å². The zero-order chi connectivity index (χ0) is 11.0. The Hall–Kier alpha value is -1.68. The first kappa shape index (κ1) is 9.86. The van der Waals surface area contributed by atoms with Crippen molar-refractivity contribution in [2.24, 2.45) is 0 Å². The number of nitrogen functional groups attached to an aromatic ring is 1. The molecule has 0 spiro atoms. The molecule has 2 aromatic rings. The number of rotatable bonds is 1. The predicted octanol–water partition coefficient (Wildman–Crippen LogP) is 2.46. The summed E-state index contributed by atoms with van der Waals surface area (Å²) in [6.07, 6.45) is 0. The normalized spacial score (nSPS) is 10.5. The molecule has 15 heavy (non-hydrogen) atoms. The van der Waals surface area contributed by atoms with E-state index in [-0.39, 0.29) is 11.4 Å². The van der Waals surface area contributed by atoms with E-state index >= 15 is 0 Å². The molecule has 0 radical (unpaired) electrons. The molecular formula is C10H8ClNO3. The summed E-state index contributed by atoms with van der Waals surface area (Å²) in [6.45, 7) is 0. The summed E-state index contributed by atoms with van der Waals surface area (Å²) in [7, 11) is 1.26. The minimum absolute atomic E-state index is 0.0133. The van der Waals surface area contributed by atoms with Crippen LogP contribution in [0.15, 0.2) is 22.6 Å². The number of carbonyl (C=O) groups is 1. The summed E-state index contributed by atoms with van der Waals surface area (Å²) < 4.78 is 9.78. The third-order valence-corrected chi connectivity index (χ3v) is 2.39. The number of halogens is 1. The highest BCUT2D eigenvalue weighted by Crippen LogP contribution is 2.33. The van der Waals surface area contributed by atoms with Gasteiger partial charge >= 0.3 is 5.97 Å². The van der Waals surface area contributed by atoms with Crippen molar-refractivity contribution in [1.29, 1.82) is 0 Å². The van der Waals surface area contributed by atoms with Gasteiger partial charge in [-0.3, -0.25) is 0 Å². The number of esters is 1. The van der Waals surface area contributed by atoms with E-state index in [9.17, 15) is 4.79 Å². The second kappa shape index (κ2) is 3.47. The van der Waals surface area contributed by atoms with Crippen LogP contribution < -0.4 is 5.73 Å². The molecule has 0 aliphatic carbocycles. The maximum Gasteiger partial charge on any atom is 0.376 e. The number of fused-ring (bicyclic) bond motifs is 1. The molecule has 78 valence electrons. The quantitative estimate of drug-likeness (QED) is 0.757. The number of nitrogens with two attached hydrogens (primary N) is 1. The first-order valence-electron chi connectivity index (χ1n) is 4.20. The van der Waals surface area contributed by atoms with Crippen molar-refractivity contribution in [3.05, 3.63) is 29.0 Å². The molecule has 1 heterocycles. The molecule has 0 bridgehead atoms. The van der Waals surface area contributed by atoms with Gasteiger partial charge in [-0.2, -0.15) is 0 Å². The summed E-state index contributed by atoms with van der Waals surface area (Å²) in [5.41, 5.74) is 6.42. The molecular weight excluding hydrogens is 218 g/mol. The topological polar surface area (TPSA) is 65.5 Å². The summed E-state index contributed by atoms with van der Waals surface area (Å²) in [5, 5.41) is 0.989. The maximum atomic E-state index is 11.3. The Balaban J connectivity index is 2.75. The summed E-state index contributed by atoms with van der Waals surface area (Å²) in [4.78, 5) is 11.3. The molecule has 0 saturated carbocycles. The third kappa shape index (κ3) is 1.43. The van der Waals surface area contributed by atoms with Crippen LogP contribution in [0.3, 0.4) is 0 Å². The molecule has 4 nitrogen and oxygen atoms in total. The van der Waals surface area contributed by atoms with E-state index in [1.54, 1.807) is 18.2 Å². The van der Waals surface area contributed by atoms with Crippen molar-refractivity contribution in [2.45, 2.75) is 0 Å². The maximum absolute atomic E-state index is 11.3. The van der Waals surface area contributed by atoms with Gasteiger partial charge in [-0.25, -0.2) is 4.79 Å². The van der Waals surface area contributed by atoms with E-state index in [1.165, 1.54) is 7.11 Å². The Morgan fingerprint density at radius 3 is 2.87 bits per heavy atom. The Kier molecular flexibility index (Phi) is 2.28. The third-order valence-electron chi connectivity index (χ3n) is 2.07. The standard InChI is InChI=1S/C10H8ClNO3/c1-14-10(13)9-8(12)7-5(11)3-2-4-6(7)15-9/h2-4H,12H2,1H3. The predicted molar refractivity (Wildman–Crippen MR) is 57.0 cm³/mol. The lowest BCUT2D eigenvalue weighted by Crippen LogP contribution is -2.02. The van der Waals surface area contributed by atoms with Gasteiger partial charge in [0, 0.05) is 0 Å². The lowest BCUT2D eigenvalue weighted by molar-refractivity contribution is 0.0569. The van der Waals surface area contributed by atoms with Gasteiger partial charge in [0.2, 0.25) is 5.76 Å². The Labute approximate surface area is 90.6 Å². The second-order valence-corrected chi connectivity index (χ2v) is 3.36. The van der Waals surface area contributed by atoms with Gasteiger partial charge in [0.05, 0.1) is 23.2 Å². The van der Waals surface area contributed by atoms with Crippen LogP contribution in [0.25, 0.3) is 11.0 Å². The summed E-state index contributed by atoms with van der Waals surface area (Å²) in [6, 6.07) is 5.08. The number of carbonyl (C=O) groups excluding carboxylic acids is 1. The molecule has 5 heteroatoms. The van der Waals surface area contributed by atoms with Crippen LogP contribution in [-0.2, 0) is 4.74 Å². The molecule has 2 N–H and O–H groups in total. The van der Waals surface area contributed by atoms with Crippen molar-refractivity contribution in [3.8, 4) is 0 Å². The highest BCUT2D eigenvalue weighted by molar-refractivity contribution is 6.36. The fourth-order valence-electron chi connectivity index (χ4n) is 1.37. The van der Waals surface area contributed by atoms with Crippen LogP contribution in [0.1, 0.15) is 10.6 Å². The first-order valence-corrected chi connectivity index (χ1v) is 4.57. The van der Waals surface area contributed by atoms with E-state index in [0.29, 0.717) is 16.0 Å². The lowest BCUT2D eigenvalue weighted by atomic mass is 10.2. The Morgan fingerprint density at radius 1 is 1.53 bits per heavy atom. The highest BCUT2D eigenvalue weighted by Gasteiger charge is 2.20. The molecule has 0 saturated heterocycles. The largest absolute Gasteiger partial charge is 0.463 e. The zero-order valence-electron chi connectivity index (χ0n) is 7.91. The van der Waals surface area contributed by atoms with Crippen LogP contribution in [0.4, 0.5) is 5.69 Å². The average Bonchev–Trinajstić information content (AvgIpc) is 2.56. The van der Waals surface area contributed by atoms with Gasteiger partial charge < -0.3 is 14.9 Å². The second-order valence-electron chi connectivity index (χ2n) is 2.95. The van der Waals surface area contributed by atoms with Crippen LogP contribution in [-0.4, -0.2) is 13.1 Å². The minimum atomic E-state index is -0.611. The fourth-order valence-corrected chi connectivity index (χ4v) is 1.64. The van der Waals surface area contributed by atoms with E-state index in [2.05, 4.69) is 4.74 Å². The molecule has 0 aliphatic heterocycles. The highest BCUT2D eigenvalue weighted by atomic mass is 35.5. The fraction of sp³-hybridized carbons (Fsp3) is 0.100. The Morgan fingerprint density at radius 2 is 2.27 bits per heavy atom. The van der Waals surface area contributed by atoms with Crippen LogP contribution in [0, 0.1) is 0 Å². The molecule has 1 aromatic heterocycles. The number of anilines is 1. The molecule has 1 aromatic carbocycles. The molecule has 0 aliphatic rings. The SMILES string of the molecule is COC(=O)c1oc2cccc(Cl)c2c1N. The van der Waals surface area contributed by atoms with Gasteiger partial charge in [0.15, 0.2) is 0 Å². The van der Waals surface area contributed by atoms with Crippen molar-refractivity contribution in [3.63, 3.8) is 0 Å². The number of hydrogen-bond donors (Lipinski definition) is 1. The Bertz CT molecular complexity index is 533. The molecule has 0 atom stereocenters. The number of ether oxygens (including phenoxy) is 1. The van der Waals surface area contributed by atoms with Gasteiger partial charge in [-0.05, 0) is 12.1 Å². The summed E-state index contributed by atoms with van der Waals surface area (Å²) in [5.74, 6) is -0.625. The average molecular weight is 226 g/mol. The van der Waals surface area contributed by atoms with Gasteiger partial charge in [0.1, 0.15) is 5.58 Å². The van der Waals surface area contributed by atoms with Crippen molar-refractivity contribution >= 4 is 34.2 Å². The molecule has 0 fully saturated rings. The van der Waals surface area contributed by atoms with E-state index in [4.69, 9.17) is 21.8 Å². The number of benzene rings is 1. The van der Waals surface area contributed by atoms with Crippen molar-refractivity contribution in [1.82, 2.24) is 0 Å². The van der Waals surface area contributed by atoms with Crippen molar-refractivity contribution in [2.75, 3.05) is 12.8 Å². The monoisotopic (exact) mass is 225 g/mol. The van der Waals surface area contributed by atoms with Crippen LogP contribution in [0.5, 0.6) is 0 Å². The molecule has 2 rings (SSSR count). The van der Waals surface area contributed by atoms with Crippen LogP contribution >= 0.6 is 11.6 Å². The number of hydrogen-bond acceptors (Lipinski definition) is 4. The number of furan rings is 1. The summed E-state index contributed by atoms with van der Waals surface area (Å²) >= 11 is 5.93. The van der Waals surface area contributed by atoms with Gasteiger partial charge in [0.25, 0.3) is 0 Å². The van der Waals surface area contributed by atoms with E-state index in [1.807, 2.05) is 0 Å². The number of methoxy groups -OCH3 is 1. The first-order chi connectivity index (χ1) is 7.15. The smallest absolute Gasteiger partial charge is 0.376 e. The molecule has 0 unspecified atom stereocenters. The molecule has 0 amide bonds. The van der Waals surface area contributed by atoms with E-state index < -0.39 is 5.97 Å². The lowest BCUT2D eigenvalue weighted by Gasteiger charge is -1.94. The van der Waals surface area contributed by atoms with Crippen molar-refractivity contribution < 1.29 is 13.9 Å². The van der Waals surface area contributed by atoms with Gasteiger partial charge in [-0.15, -0.1) is 0 Å². The van der Waals surface area contributed by atoms with Gasteiger partial charge in [-0.1, -0.05) is 17.7 Å². The minimum Gasteiger partial charge on any atom is -0.463 e.